The smallest absolute Gasteiger partial charge is 0.326 e. The minimum atomic E-state index is -1.20. The highest BCUT2D eigenvalue weighted by molar-refractivity contribution is 5.89. The molecule has 2 atom stereocenters. The third-order valence-electron chi connectivity index (χ3n) is 4.89. The van der Waals surface area contributed by atoms with Gasteiger partial charge < -0.3 is 30.7 Å². The number of benzene rings is 2. The van der Waals surface area contributed by atoms with Gasteiger partial charge in [0.2, 0.25) is 5.91 Å². The van der Waals surface area contributed by atoms with Gasteiger partial charge >= 0.3 is 11.9 Å². The van der Waals surface area contributed by atoms with Crippen molar-refractivity contribution in [1.82, 2.24) is 10.6 Å². The maximum atomic E-state index is 12.6. The van der Waals surface area contributed by atoms with Gasteiger partial charge in [-0.05, 0) is 48.7 Å². The molecule has 2 rings (SSSR count). The number of hydrogen-bond donors (Lipinski definition) is 5. The zero-order chi connectivity index (χ0) is 23.5. The van der Waals surface area contributed by atoms with Crippen LogP contribution in [0, 0.1) is 0 Å². The van der Waals surface area contributed by atoms with Crippen molar-refractivity contribution in [2.24, 2.45) is 0 Å². The zero-order valence-electron chi connectivity index (χ0n) is 17.8. The molecule has 0 saturated heterocycles. The van der Waals surface area contributed by atoms with Crippen LogP contribution in [0.3, 0.4) is 0 Å². The zero-order valence-corrected chi connectivity index (χ0v) is 17.8. The third kappa shape index (κ3) is 7.92. The molecule has 0 unspecified atom stereocenters. The van der Waals surface area contributed by atoms with E-state index in [1.807, 2.05) is 0 Å². The number of aliphatic carboxylic acids is 2. The number of methoxy groups -OCH3 is 1. The molecule has 0 fully saturated rings. The Kier molecular flexibility index (Phi) is 9.49. The maximum absolute atomic E-state index is 12.6. The number of phenolic OH excluding ortho intramolecular Hbond substituents is 1. The molecule has 1 amide bonds. The molecular weight excluding hydrogens is 416 g/mol. The molecule has 0 aliphatic carbocycles. The first-order valence-electron chi connectivity index (χ1n) is 10.2. The van der Waals surface area contributed by atoms with Gasteiger partial charge in [0, 0.05) is 6.42 Å². The maximum Gasteiger partial charge on any atom is 0.326 e. The number of amides is 1. The molecule has 172 valence electrons. The van der Waals surface area contributed by atoms with Gasteiger partial charge in [0.05, 0.1) is 19.6 Å². The summed E-state index contributed by atoms with van der Waals surface area (Å²) in [5.74, 6) is -2.36. The highest BCUT2D eigenvalue weighted by atomic mass is 16.5. The molecule has 9 nitrogen and oxygen atoms in total. The van der Waals surface area contributed by atoms with Crippen LogP contribution in [0.5, 0.6) is 11.5 Å². The van der Waals surface area contributed by atoms with Crippen molar-refractivity contribution in [2.75, 3.05) is 13.7 Å². The van der Waals surface area contributed by atoms with E-state index < -0.39 is 36.4 Å². The number of carbonyl (C=O) groups is 3. The molecule has 0 aliphatic heterocycles. The van der Waals surface area contributed by atoms with Gasteiger partial charge in [0.15, 0.2) is 0 Å². The Bertz CT molecular complexity index is 918. The van der Waals surface area contributed by atoms with Gasteiger partial charge in [0.25, 0.3) is 0 Å². The van der Waals surface area contributed by atoms with Crippen molar-refractivity contribution < 1.29 is 34.4 Å². The van der Waals surface area contributed by atoms with E-state index in [1.165, 1.54) is 13.2 Å². The van der Waals surface area contributed by atoms with Crippen molar-refractivity contribution in [3.8, 4) is 11.5 Å². The first-order chi connectivity index (χ1) is 15.3. The number of hydrogen-bond acceptors (Lipinski definition) is 6. The van der Waals surface area contributed by atoms with Crippen LogP contribution in [0.25, 0.3) is 0 Å². The number of ether oxygens (including phenoxy) is 1. The molecule has 0 aromatic heterocycles. The Balaban J connectivity index is 1.95. The standard InChI is InChI=1S/C23H28N2O7/c1-32-17-9-10-20(26)16(13-17)8-5-11-24-18(14-21(27)28)22(29)25-19(23(30)31)12-15-6-3-2-4-7-15/h2-4,6-7,9-10,13,18-19,24,26H,5,8,11-12,14H2,1H3,(H,25,29)(H,27,28)(H,30,31)/t18-,19-/m0/s1. The summed E-state index contributed by atoms with van der Waals surface area (Å²) in [6.07, 6.45) is 0.574. The first-order valence-corrected chi connectivity index (χ1v) is 10.2. The van der Waals surface area contributed by atoms with Crippen molar-refractivity contribution in [3.63, 3.8) is 0 Å². The average Bonchev–Trinajstić information content (AvgIpc) is 2.76. The van der Waals surface area contributed by atoms with E-state index in [9.17, 15) is 24.6 Å². The number of nitrogens with one attached hydrogen (secondary N) is 2. The molecular formula is C23H28N2O7. The highest BCUT2D eigenvalue weighted by Crippen LogP contribution is 2.23. The molecule has 0 aliphatic rings. The predicted octanol–water partition coefficient (Wildman–Crippen LogP) is 1.58. The summed E-state index contributed by atoms with van der Waals surface area (Å²) in [7, 11) is 1.52. The molecule has 0 radical (unpaired) electrons. The number of rotatable bonds is 13. The summed E-state index contributed by atoms with van der Waals surface area (Å²) in [5, 5.41) is 33.9. The topological polar surface area (TPSA) is 145 Å². The van der Waals surface area contributed by atoms with E-state index in [4.69, 9.17) is 9.84 Å². The fourth-order valence-corrected chi connectivity index (χ4v) is 3.20. The van der Waals surface area contributed by atoms with Crippen LogP contribution in [-0.4, -0.2) is 58.9 Å². The first kappa shape index (κ1) is 24.7. The molecule has 2 aromatic carbocycles. The summed E-state index contributed by atoms with van der Waals surface area (Å²) in [5.41, 5.74) is 1.40. The Morgan fingerprint density at radius 2 is 1.75 bits per heavy atom. The minimum Gasteiger partial charge on any atom is -0.508 e. The van der Waals surface area contributed by atoms with Crippen LogP contribution in [0.4, 0.5) is 0 Å². The van der Waals surface area contributed by atoms with Crippen LogP contribution < -0.4 is 15.4 Å². The fraction of sp³-hybridized carbons (Fsp3) is 0.348. The summed E-state index contributed by atoms with van der Waals surface area (Å²) in [6, 6.07) is 11.4. The van der Waals surface area contributed by atoms with Crippen LogP contribution >= 0.6 is 0 Å². The lowest BCUT2D eigenvalue weighted by atomic mass is 10.0. The summed E-state index contributed by atoms with van der Waals surface area (Å²) in [4.78, 5) is 35.4. The number of aryl methyl sites for hydroxylation is 1. The van der Waals surface area contributed by atoms with Gasteiger partial charge in [0.1, 0.15) is 17.5 Å². The molecule has 0 saturated carbocycles. The van der Waals surface area contributed by atoms with Gasteiger partial charge in [-0.15, -0.1) is 0 Å². The van der Waals surface area contributed by atoms with E-state index in [2.05, 4.69) is 10.6 Å². The lowest BCUT2D eigenvalue weighted by molar-refractivity contribution is -0.143. The van der Waals surface area contributed by atoms with Crippen molar-refractivity contribution in [1.29, 1.82) is 0 Å². The van der Waals surface area contributed by atoms with E-state index in [0.717, 1.165) is 5.56 Å². The third-order valence-corrected chi connectivity index (χ3v) is 4.89. The largest absolute Gasteiger partial charge is 0.508 e. The van der Waals surface area contributed by atoms with Crippen molar-refractivity contribution >= 4 is 17.8 Å². The minimum absolute atomic E-state index is 0.0802. The van der Waals surface area contributed by atoms with Crippen LogP contribution in [0.2, 0.25) is 0 Å². The number of aromatic hydroxyl groups is 1. The SMILES string of the molecule is COc1ccc(O)c(CCCN[C@@H](CC(=O)O)C(=O)N[C@@H](Cc2ccccc2)C(=O)O)c1. The Labute approximate surface area is 186 Å². The summed E-state index contributed by atoms with van der Waals surface area (Å²) < 4.78 is 5.14. The normalized spacial score (nSPS) is 12.5. The number of phenols is 1. The van der Waals surface area contributed by atoms with Crippen LogP contribution in [0.1, 0.15) is 24.0 Å². The van der Waals surface area contributed by atoms with Gasteiger partial charge in [-0.1, -0.05) is 30.3 Å². The molecule has 32 heavy (non-hydrogen) atoms. The average molecular weight is 444 g/mol. The molecule has 5 N–H and O–H groups in total. The number of carbonyl (C=O) groups excluding carboxylic acids is 1. The second-order valence-electron chi connectivity index (χ2n) is 7.29. The highest BCUT2D eigenvalue weighted by Gasteiger charge is 2.27. The van der Waals surface area contributed by atoms with E-state index >= 15 is 0 Å². The van der Waals surface area contributed by atoms with E-state index in [1.54, 1.807) is 42.5 Å². The Morgan fingerprint density at radius 1 is 1.03 bits per heavy atom. The second-order valence-corrected chi connectivity index (χ2v) is 7.29. The van der Waals surface area contributed by atoms with Gasteiger partial charge in [-0.3, -0.25) is 9.59 Å². The van der Waals surface area contributed by atoms with Crippen LogP contribution in [0.15, 0.2) is 48.5 Å². The Morgan fingerprint density at radius 3 is 2.38 bits per heavy atom. The molecule has 2 aromatic rings. The molecule has 9 heteroatoms. The lowest BCUT2D eigenvalue weighted by Crippen LogP contribution is -2.51. The van der Waals surface area contributed by atoms with E-state index in [-0.39, 0.29) is 12.2 Å². The quantitative estimate of drug-likeness (QED) is 0.293. The van der Waals surface area contributed by atoms with E-state index in [0.29, 0.717) is 30.7 Å². The van der Waals surface area contributed by atoms with Gasteiger partial charge in [-0.25, -0.2) is 4.79 Å². The summed E-state index contributed by atoms with van der Waals surface area (Å²) in [6.45, 7) is 0.290. The molecule has 0 heterocycles. The fourth-order valence-electron chi connectivity index (χ4n) is 3.20. The molecule has 0 spiro atoms. The van der Waals surface area contributed by atoms with Crippen molar-refractivity contribution in [2.45, 2.75) is 37.8 Å². The summed E-state index contributed by atoms with van der Waals surface area (Å²) >= 11 is 0. The number of carboxylic acids is 2. The van der Waals surface area contributed by atoms with Gasteiger partial charge in [-0.2, -0.15) is 0 Å². The van der Waals surface area contributed by atoms with Crippen molar-refractivity contribution in [3.05, 3.63) is 59.7 Å². The second kappa shape index (κ2) is 12.3. The van der Waals surface area contributed by atoms with Crippen LogP contribution in [-0.2, 0) is 27.2 Å². The molecule has 0 bridgehead atoms. The monoisotopic (exact) mass is 444 g/mol. The Hall–Kier alpha value is -3.59. The predicted molar refractivity (Wildman–Crippen MR) is 117 cm³/mol. The lowest BCUT2D eigenvalue weighted by Gasteiger charge is -2.20. The number of carboxylic acid groups (broad SMARTS) is 2.